The number of aromatic nitrogens is 2. The van der Waals surface area contributed by atoms with Gasteiger partial charge in [0.15, 0.2) is 11.7 Å². The van der Waals surface area contributed by atoms with Crippen molar-refractivity contribution in [2.45, 2.75) is 44.8 Å². The number of thiocarbonyl (C=S) groups is 1. The number of anilines is 2. The molecule has 0 bridgehead atoms. The molecule has 39 heavy (non-hydrogen) atoms. The lowest BCUT2D eigenvalue weighted by Gasteiger charge is -2.28. The third-order valence-electron chi connectivity index (χ3n) is 7.39. The summed E-state index contributed by atoms with van der Waals surface area (Å²) in [5.74, 6) is 0.443. The Bertz CT molecular complexity index is 1480. The molecule has 0 radical (unpaired) electrons. The number of benzene rings is 2. The van der Waals surface area contributed by atoms with Crippen LogP contribution in [0.25, 0.3) is 0 Å². The minimum absolute atomic E-state index is 0.0592. The Hall–Kier alpha value is -4.17. The Kier molecular flexibility index (Phi) is 6.79. The monoisotopic (exact) mass is 537 g/mol. The van der Waals surface area contributed by atoms with Crippen LogP contribution in [0, 0.1) is 13.8 Å². The Morgan fingerprint density at radius 3 is 2.49 bits per heavy atom. The van der Waals surface area contributed by atoms with E-state index in [0.717, 1.165) is 11.4 Å². The van der Waals surface area contributed by atoms with Gasteiger partial charge in [0.1, 0.15) is 5.75 Å². The molecule has 198 valence electrons. The van der Waals surface area contributed by atoms with Crippen LogP contribution in [0.4, 0.5) is 11.4 Å². The molecule has 2 N–H and O–H groups in total. The van der Waals surface area contributed by atoms with E-state index in [1.807, 2.05) is 79.0 Å². The summed E-state index contributed by atoms with van der Waals surface area (Å²) in [4.78, 5) is 19.3. The van der Waals surface area contributed by atoms with E-state index in [1.165, 1.54) is 29.8 Å². The van der Waals surface area contributed by atoms with E-state index < -0.39 is 0 Å². The number of nitrogens with one attached hydrogen (secondary N) is 2. The van der Waals surface area contributed by atoms with Crippen molar-refractivity contribution in [3.63, 3.8) is 0 Å². The molecule has 2 aliphatic rings. The summed E-state index contributed by atoms with van der Waals surface area (Å²) < 4.78 is 8.04. The van der Waals surface area contributed by atoms with Crippen molar-refractivity contribution in [2.75, 3.05) is 16.8 Å². The summed E-state index contributed by atoms with van der Waals surface area (Å²) in [7, 11) is 0. The molecule has 2 aromatic heterocycles. The van der Waals surface area contributed by atoms with Gasteiger partial charge in [0.25, 0.3) is 5.91 Å². The summed E-state index contributed by atoms with van der Waals surface area (Å²) in [6.07, 6.45) is 4.29. The Morgan fingerprint density at radius 1 is 1.05 bits per heavy atom. The van der Waals surface area contributed by atoms with Crippen molar-refractivity contribution in [3.8, 4) is 5.75 Å². The number of ether oxygens (including phenoxy) is 1. The Balaban J connectivity index is 1.26. The number of carbonyl (C=O) groups excluding carboxylic acids is 1. The number of rotatable bonds is 8. The molecule has 2 fully saturated rings. The largest absolute Gasteiger partial charge is 0.484 e. The molecular weight excluding hydrogens is 506 g/mol. The Labute approximate surface area is 233 Å². The van der Waals surface area contributed by atoms with Crippen LogP contribution >= 0.6 is 12.2 Å². The van der Waals surface area contributed by atoms with E-state index in [-0.39, 0.29) is 24.6 Å². The molecule has 2 unspecified atom stereocenters. The lowest BCUT2D eigenvalue weighted by Crippen LogP contribution is -2.29. The predicted octanol–water partition coefficient (Wildman–Crippen LogP) is 6.03. The maximum atomic E-state index is 12.5. The molecule has 1 aliphatic heterocycles. The SMILES string of the molecule is Cc1cc(C2C(c3ccccn3)NC(=S)N2c2ccc(NC(=O)COc3ccccc3)cc2)c(C)n1C1CC1. The second-order valence-corrected chi connectivity index (χ2v) is 10.5. The van der Waals surface area contributed by atoms with Crippen LogP contribution in [0.3, 0.4) is 0 Å². The number of nitrogens with zero attached hydrogens (tertiary/aromatic N) is 3. The zero-order valence-corrected chi connectivity index (χ0v) is 22.8. The fraction of sp³-hybridized carbons (Fsp3) is 0.258. The van der Waals surface area contributed by atoms with Crippen LogP contribution in [0.15, 0.2) is 85.1 Å². The lowest BCUT2D eigenvalue weighted by molar-refractivity contribution is -0.118. The molecule has 1 aliphatic carbocycles. The van der Waals surface area contributed by atoms with Crippen molar-refractivity contribution >= 4 is 34.6 Å². The van der Waals surface area contributed by atoms with Gasteiger partial charge in [-0.25, -0.2) is 0 Å². The van der Waals surface area contributed by atoms with E-state index in [9.17, 15) is 4.79 Å². The van der Waals surface area contributed by atoms with Crippen molar-refractivity contribution in [3.05, 3.63) is 108 Å². The number of hydrogen-bond acceptors (Lipinski definition) is 4. The summed E-state index contributed by atoms with van der Waals surface area (Å²) >= 11 is 5.90. The predicted molar refractivity (Wildman–Crippen MR) is 157 cm³/mol. The van der Waals surface area contributed by atoms with Gasteiger partial charge in [-0.05, 0) is 99.1 Å². The smallest absolute Gasteiger partial charge is 0.262 e. The molecule has 8 heteroatoms. The van der Waals surface area contributed by atoms with Gasteiger partial charge in [0.05, 0.1) is 17.8 Å². The zero-order valence-electron chi connectivity index (χ0n) is 22.0. The molecule has 6 rings (SSSR count). The average Bonchev–Trinajstić information content (AvgIpc) is 3.67. The quantitative estimate of drug-likeness (QED) is 0.268. The first-order valence-corrected chi connectivity index (χ1v) is 13.7. The number of pyridine rings is 1. The van der Waals surface area contributed by atoms with Crippen LogP contribution < -0.4 is 20.3 Å². The van der Waals surface area contributed by atoms with E-state index in [0.29, 0.717) is 22.6 Å². The fourth-order valence-corrected chi connectivity index (χ4v) is 5.86. The molecule has 2 atom stereocenters. The third kappa shape index (κ3) is 5.12. The van der Waals surface area contributed by atoms with Crippen LogP contribution in [-0.2, 0) is 4.79 Å². The number of aryl methyl sites for hydroxylation is 1. The van der Waals surface area contributed by atoms with Crippen molar-refractivity contribution in [1.29, 1.82) is 0 Å². The van der Waals surface area contributed by atoms with E-state index in [1.54, 1.807) is 0 Å². The first kappa shape index (κ1) is 25.1. The second kappa shape index (κ2) is 10.5. The zero-order chi connectivity index (χ0) is 26.9. The van der Waals surface area contributed by atoms with Gasteiger partial charge >= 0.3 is 0 Å². The van der Waals surface area contributed by atoms with Gasteiger partial charge in [0.2, 0.25) is 0 Å². The van der Waals surface area contributed by atoms with E-state index in [2.05, 4.69) is 45.0 Å². The van der Waals surface area contributed by atoms with Gasteiger partial charge in [0, 0.05) is 35.0 Å². The molecular formula is C31H31N5O2S. The molecule has 1 saturated carbocycles. The number of para-hydroxylation sites is 1. The van der Waals surface area contributed by atoms with Crippen LogP contribution in [0.2, 0.25) is 0 Å². The van der Waals surface area contributed by atoms with Crippen molar-refractivity contribution < 1.29 is 9.53 Å². The van der Waals surface area contributed by atoms with Crippen molar-refractivity contribution in [1.82, 2.24) is 14.9 Å². The summed E-state index contributed by atoms with van der Waals surface area (Å²) in [6, 6.07) is 25.8. The highest BCUT2D eigenvalue weighted by Crippen LogP contribution is 2.46. The molecule has 1 amide bonds. The normalized spacial score (nSPS) is 18.6. The minimum atomic E-state index is -0.217. The van der Waals surface area contributed by atoms with Gasteiger partial charge in [-0.3, -0.25) is 9.78 Å². The van der Waals surface area contributed by atoms with Crippen LogP contribution in [-0.4, -0.2) is 27.2 Å². The topological polar surface area (TPSA) is 71.4 Å². The number of hydrogen-bond donors (Lipinski definition) is 2. The maximum Gasteiger partial charge on any atom is 0.262 e. The maximum absolute atomic E-state index is 12.5. The highest BCUT2D eigenvalue weighted by atomic mass is 32.1. The lowest BCUT2D eigenvalue weighted by atomic mass is 9.96. The Morgan fingerprint density at radius 2 is 1.79 bits per heavy atom. The summed E-state index contributed by atoms with van der Waals surface area (Å²) in [6.45, 7) is 4.34. The van der Waals surface area contributed by atoms with Crippen LogP contribution in [0.1, 0.15) is 53.6 Å². The highest BCUT2D eigenvalue weighted by molar-refractivity contribution is 7.80. The van der Waals surface area contributed by atoms with Gasteiger partial charge in [-0.15, -0.1) is 0 Å². The molecule has 4 aromatic rings. The minimum Gasteiger partial charge on any atom is -0.484 e. The van der Waals surface area contributed by atoms with E-state index >= 15 is 0 Å². The first-order valence-electron chi connectivity index (χ1n) is 13.3. The molecule has 2 aromatic carbocycles. The summed E-state index contributed by atoms with van der Waals surface area (Å²) in [5.41, 5.74) is 6.40. The third-order valence-corrected chi connectivity index (χ3v) is 7.71. The number of amides is 1. The molecule has 1 saturated heterocycles. The number of carbonyl (C=O) groups is 1. The molecule has 3 heterocycles. The standard InChI is InChI=1S/C31H31N5O2S/c1-20-18-26(21(2)35(20)23-15-16-23)30-29(27-10-6-7-17-32-27)34-31(39)36(30)24-13-11-22(12-14-24)33-28(37)19-38-25-8-4-3-5-9-25/h3-14,17-18,23,29-30H,15-16,19H2,1-2H3,(H,33,37)(H,34,39). The van der Waals surface area contributed by atoms with Crippen molar-refractivity contribution in [2.24, 2.45) is 0 Å². The highest BCUT2D eigenvalue weighted by Gasteiger charge is 2.43. The van der Waals surface area contributed by atoms with Gasteiger partial charge in [-0.2, -0.15) is 0 Å². The summed E-state index contributed by atoms with van der Waals surface area (Å²) in [5, 5.41) is 7.11. The fourth-order valence-electron chi connectivity index (χ4n) is 5.51. The van der Waals surface area contributed by atoms with Crippen LogP contribution in [0.5, 0.6) is 5.75 Å². The second-order valence-electron chi connectivity index (χ2n) is 10.1. The van der Waals surface area contributed by atoms with Gasteiger partial charge in [-0.1, -0.05) is 24.3 Å². The van der Waals surface area contributed by atoms with Gasteiger partial charge < -0.3 is 24.8 Å². The first-order chi connectivity index (χ1) is 19.0. The average molecular weight is 538 g/mol. The molecule has 7 nitrogen and oxygen atoms in total. The van der Waals surface area contributed by atoms with E-state index in [4.69, 9.17) is 17.0 Å². The molecule has 0 spiro atoms.